The number of carbonyl (C=O) groups excluding carboxylic acids is 2. The van der Waals surface area contributed by atoms with Gasteiger partial charge in [-0.2, -0.15) is 0 Å². The van der Waals surface area contributed by atoms with Gasteiger partial charge in [0.15, 0.2) is 12.6 Å². The zero-order chi connectivity index (χ0) is 64.2. The van der Waals surface area contributed by atoms with E-state index in [9.17, 15) is 45.3 Å². The minimum atomic E-state index is -1.32. The van der Waals surface area contributed by atoms with Crippen LogP contribution in [0, 0.1) is 29.6 Å². The Kier molecular flexibility index (Phi) is 27.7. The number of nitrogens with one attached hydrogen (secondary N) is 4. The Morgan fingerprint density at radius 1 is 0.640 bits per heavy atom. The Labute approximate surface area is 510 Å². The predicted octanol–water partition coefficient (Wildman–Crippen LogP) is 3.30. The van der Waals surface area contributed by atoms with Crippen molar-refractivity contribution < 1.29 is 97.4 Å². The highest BCUT2D eigenvalue weighted by Gasteiger charge is 2.53. The highest BCUT2D eigenvalue weighted by Crippen LogP contribution is 2.41. The molecule has 500 valence electrons. The van der Waals surface area contributed by atoms with Gasteiger partial charge < -0.3 is 115 Å². The van der Waals surface area contributed by atoms with E-state index in [4.69, 9.17) is 57.8 Å². The van der Waals surface area contributed by atoms with Crippen molar-refractivity contribution in [2.45, 2.75) is 275 Å². The summed E-state index contributed by atoms with van der Waals surface area (Å²) >= 11 is 0. The average Bonchev–Trinajstić information content (AvgIpc) is 1.30. The summed E-state index contributed by atoms with van der Waals surface area (Å²) in [5.41, 5.74) is 2.69. The number of carbonyl (C=O) groups is 2. The fraction of sp³-hybridized carbons (Fsp3) is 0.902. The van der Waals surface area contributed by atoms with Crippen molar-refractivity contribution >= 4 is 12.2 Å². The third kappa shape index (κ3) is 21.5. The molecule has 5 heterocycles. The first-order valence-corrected chi connectivity index (χ1v) is 31.2. The first-order valence-electron chi connectivity index (χ1n) is 31.2. The van der Waals surface area contributed by atoms with Crippen molar-refractivity contribution in [3.63, 3.8) is 0 Å². The molecular formula is C61H111N5O20. The van der Waals surface area contributed by atoms with Gasteiger partial charge in [-0.15, -0.1) is 0 Å². The number of ether oxygens (including phenoxy) is 11. The molecule has 0 bridgehead atoms. The minimum Gasteiger partial charge on any atom is -0.469 e. The molecule has 2 unspecified atom stereocenters. The van der Waals surface area contributed by atoms with Gasteiger partial charge in [-0.3, -0.25) is 0 Å². The van der Waals surface area contributed by atoms with Crippen LogP contribution in [0.25, 0.3) is 0 Å². The van der Waals surface area contributed by atoms with Crippen LogP contribution in [-0.2, 0) is 52.1 Å². The van der Waals surface area contributed by atoms with Gasteiger partial charge in [-0.05, 0) is 138 Å². The molecule has 25 heteroatoms. The van der Waals surface area contributed by atoms with Crippen molar-refractivity contribution in [3.05, 3.63) is 23.7 Å². The van der Waals surface area contributed by atoms with E-state index in [2.05, 4.69) is 40.3 Å². The van der Waals surface area contributed by atoms with E-state index in [-0.39, 0.29) is 61.5 Å². The highest BCUT2D eigenvalue weighted by molar-refractivity contribution is 5.68. The molecule has 86 heavy (non-hydrogen) atoms. The van der Waals surface area contributed by atoms with E-state index in [0.29, 0.717) is 32.2 Å². The average molecular weight is 1230 g/mol. The second kappa shape index (κ2) is 32.3. The largest absolute Gasteiger partial charge is 0.469 e. The summed E-state index contributed by atoms with van der Waals surface area (Å²) in [6.07, 6.45) is -2.48. The van der Waals surface area contributed by atoms with Crippen molar-refractivity contribution in [2.75, 3.05) is 47.0 Å². The molecule has 25 nitrogen and oxygen atoms in total. The van der Waals surface area contributed by atoms with Crippen LogP contribution in [0.5, 0.6) is 0 Å². The SMILES string of the molecule is CC(C)(C)OC(=O)NCC1CO1.CCC1=CC[C@@H](C)[C@@H](O[C@H]2[C@H](O)[C@@H](O[C@H]3OC[C@](C)(O)[C@H](NC)[C@H]3O)[C@H](CCC(O)CNC(=O)OC(C)(C)C)C[C@@H]2C)O1.CCC1=CC[C@@H](C)[C@@H](O[C@H]2[C@H](O)[C@@H](O[C@H]3OC[C@](C)(O)[C@H](NC)[C@H]3O)[C@H](N)C[C@@H]2C)O1. The molecule has 0 aromatic rings. The van der Waals surface area contributed by atoms with Crippen LogP contribution >= 0.6 is 0 Å². The Morgan fingerprint density at radius 2 is 1.06 bits per heavy atom. The number of alkyl carbamates (subject to hydrolysis) is 2. The maximum Gasteiger partial charge on any atom is 0.407 e. The van der Waals surface area contributed by atoms with Gasteiger partial charge in [-0.25, -0.2) is 9.59 Å². The lowest BCUT2D eigenvalue weighted by Crippen LogP contribution is -2.67. The maximum atomic E-state index is 12.0. The molecule has 13 N–H and O–H groups in total. The molecule has 0 aromatic carbocycles. The molecule has 0 radical (unpaired) electrons. The Balaban J connectivity index is 0.000000271. The zero-order valence-corrected chi connectivity index (χ0v) is 54.1. The van der Waals surface area contributed by atoms with E-state index in [1.54, 1.807) is 48.7 Å². The van der Waals surface area contributed by atoms with E-state index in [1.165, 1.54) is 0 Å². The summed E-state index contributed by atoms with van der Waals surface area (Å²) in [6.45, 7) is 27.4. The second-order valence-electron chi connectivity index (χ2n) is 27.2. The number of epoxide rings is 1. The molecule has 24 atom stereocenters. The maximum absolute atomic E-state index is 12.0. The number of hydrogen-bond acceptors (Lipinski definition) is 23. The number of amides is 2. The quantitative estimate of drug-likeness (QED) is 0.0826. The highest BCUT2D eigenvalue weighted by atomic mass is 16.7. The summed E-state index contributed by atoms with van der Waals surface area (Å²) in [5, 5.41) is 87.5. The zero-order valence-electron chi connectivity index (χ0n) is 54.1. The summed E-state index contributed by atoms with van der Waals surface area (Å²) < 4.78 is 63.7. The van der Waals surface area contributed by atoms with Crippen LogP contribution in [0.1, 0.15) is 148 Å². The normalized spacial score (nSPS) is 40.3. The molecular weight excluding hydrogens is 1120 g/mol. The summed E-state index contributed by atoms with van der Waals surface area (Å²) in [4.78, 5) is 23.0. The molecule has 2 saturated carbocycles. The molecule has 5 fully saturated rings. The lowest BCUT2D eigenvalue weighted by Gasteiger charge is -2.49. The molecule has 0 aromatic heterocycles. The van der Waals surface area contributed by atoms with Crippen LogP contribution in [0.3, 0.4) is 0 Å². The number of aliphatic hydroxyl groups excluding tert-OH is 5. The number of rotatable bonds is 19. The molecule has 5 aliphatic heterocycles. The lowest BCUT2D eigenvalue weighted by molar-refractivity contribution is -0.312. The van der Waals surface area contributed by atoms with Gasteiger partial charge in [0.2, 0.25) is 12.6 Å². The smallest absolute Gasteiger partial charge is 0.407 e. The Hall–Kier alpha value is -3.06. The van der Waals surface area contributed by atoms with Crippen LogP contribution in [0.2, 0.25) is 0 Å². The molecule has 7 rings (SSSR count). The first-order chi connectivity index (χ1) is 40.1. The Bertz CT molecular complexity index is 2140. The monoisotopic (exact) mass is 1230 g/mol. The van der Waals surface area contributed by atoms with Gasteiger partial charge in [0, 0.05) is 43.8 Å². The van der Waals surface area contributed by atoms with Crippen molar-refractivity contribution in [3.8, 4) is 0 Å². The fourth-order valence-corrected chi connectivity index (χ4v) is 11.8. The number of nitrogens with two attached hydrogens (primary N) is 1. The second-order valence-corrected chi connectivity index (χ2v) is 27.2. The van der Waals surface area contributed by atoms with E-state index in [1.807, 2.05) is 55.4 Å². The van der Waals surface area contributed by atoms with Crippen LogP contribution < -0.4 is 27.0 Å². The molecule has 2 amide bonds. The van der Waals surface area contributed by atoms with Gasteiger partial charge >= 0.3 is 12.2 Å². The van der Waals surface area contributed by atoms with Crippen molar-refractivity contribution in [1.82, 2.24) is 21.3 Å². The number of aliphatic hydroxyl groups is 7. The van der Waals surface area contributed by atoms with Crippen LogP contribution in [0.15, 0.2) is 23.7 Å². The van der Waals surface area contributed by atoms with Crippen LogP contribution in [0.4, 0.5) is 9.59 Å². The van der Waals surface area contributed by atoms with Crippen molar-refractivity contribution in [1.29, 1.82) is 0 Å². The summed E-state index contributed by atoms with van der Waals surface area (Å²) in [6, 6.07) is -1.82. The number of hydrogen-bond donors (Lipinski definition) is 12. The topological polar surface area (TPSA) is 355 Å². The Morgan fingerprint density at radius 3 is 1.49 bits per heavy atom. The predicted molar refractivity (Wildman–Crippen MR) is 316 cm³/mol. The molecule has 0 spiro atoms. The third-order valence-corrected chi connectivity index (χ3v) is 16.7. The van der Waals surface area contributed by atoms with Gasteiger partial charge in [0.1, 0.15) is 52.9 Å². The van der Waals surface area contributed by atoms with E-state index < -0.39 is 127 Å². The summed E-state index contributed by atoms with van der Waals surface area (Å²) in [5.74, 6) is 1.74. The molecule has 3 saturated heterocycles. The third-order valence-electron chi connectivity index (χ3n) is 16.7. The fourth-order valence-electron chi connectivity index (χ4n) is 11.8. The van der Waals surface area contributed by atoms with Crippen LogP contribution in [-0.4, -0.2) is 222 Å². The van der Waals surface area contributed by atoms with E-state index in [0.717, 1.165) is 43.8 Å². The summed E-state index contributed by atoms with van der Waals surface area (Å²) in [7, 11) is 3.30. The molecule has 7 aliphatic rings. The molecule has 2 aliphatic carbocycles. The first kappa shape index (κ1) is 73.7. The van der Waals surface area contributed by atoms with E-state index >= 15 is 0 Å². The number of likely N-dealkylation sites (N-methyl/N-ethyl adjacent to an activating group) is 2. The van der Waals surface area contributed by atoms with Gasteiger partial charge in [0.05, 0.1) is 73.9 Å². The number of allylic oxidation sites excluding steroid dienone is 4. The van der Waals surface area contributed by atoms with Gasteiger partial charge in [0.25, 0.3) is 0 Å². The minimum absolute atomic E-state index is 0.000351. The van der Waals surface area contributed by atoms with Crippen molar-refractivity contribution in [2.24, 2.45) is 35.3 Å². The van der Waals surface area contributed by atoms with Gasteiger partial charge in [-0.1, -0.05) is 41.5 Å². The lowest BCUT2D eigenvalue weighted by atomic mass is 9.74. The standard InChI is InChI=1S/C31H56N2O10.C22H40N2O7.C8H15NO3/c1-9-21-13-10-17(2)27(40-21)41-24-18(3)14-19(11-12-20(34)15-33-29(37)43-30(4,5)6)25(22(24)35)42-28-23(36)26(32-8)31(7,38)16-39-28;1-6-13-8-7-11(2)20(29-13)30-17-12(3)9-14(23)18(15(17)25)31-21-16(26)19(24-5)22(4,27)10-28-21;1-8(2,3)12-7(10)9-4-6-5-11-6/h13,17-20,22-28,32,34-36,38H,9-12,14-16H2,1-8H3,(H,33,37);8,11-12,14-21,24-27H,6-7,9-10,23H2,1-5H3;6H,4-5H2,1-3H3,(H,9,10)/t17-,18+,19-,20?,22+,23-,24-,25+,26-,27-,28-,31+;11-,12+,14-,15+,16-,17-,18+,19-,20-,21-,22+;/m11./s1.